The summed E-state index contributed by atoms with van der Waals surface area (Å²) in [5, 5.41) is 17.6. The van der Waals surface area contributed by atoms with Gasteiger partial charge in [-0.05, 0) is 49.9 Å². The summed E-state index contributed by atoms with van der Waals surface area (Å²) in [6, 6.07) is 1.73. The van der Waals surface area contributed by atoms with E-state index in [2.05, 4.69) is 6.92 Å². The van der Waals surface area contributed by atoms with Crippen LogP contribution >= 0.6 is 0 Å². The van der Waals surface area contributed by atoms with Gasteiger partial charge in [0, 0.05) is 0 Å². The zero-order valence-corrected chi connectivity index (χ0v) is 21.4. The van der Waals surface area contributed by atoms with Gasteiger partial charge in [-0.15, -0.1) is 0 Å². The summed E-state index contributed by atoms with van der Waals surface area (Å²) in [4.78, 5) is 10.8. The molecule has 33 heavy (non-hydrogen) atoms. The zero-order chi connectivity index (χ0) is 24.0. The molecule has 5 nitrogen and oxygen atoms in total. The van der Waals surface area contributed by atoms with Gasteiger partial charge < -0.3 is 14.6 Å². The second kappa shape index (κ2) is 15.0. The Morgan fingerprint density at radius 3 is 2.06 bits per heavy atom. The summed E-state index contributed by atoms with van der Waals surface area (Å²) in [6.07, 6.45) is 25.6. The van der Waals surface area contributed by atoms with Gasteiger partial charge in [0.15, 0.2) is 6.29 Å². The van der Waals surface area contributed by atoms with Crippen molar-refractivity contribution in [2.45, 2.75) is 136 Å². The van der Waals surface area contributed by atoms with Gasteiger partial charge in [-0.25, -0.2) is 0 Å². The summed E-state index contributed by atoms with van der Waals surface area (Å²) >= 11 is 0. The number of nitrogens with zero attached hydrogens (tertiary/aromatic N) is 1. The maximum atomic E-state index is 10.8. The monoisotopic (exact) mass is 463 g/mol. The molecule has 0 atom stereocenters. The molecule has 0 amide bonds. The Balaban J connectivity index is 0.000000245. The van der Waals surface area contributed by atoms with Gasteiger partial charge in [0.1, 0.15) is 0 Å². The summed E-state index contributed by atoms with van der Waals surface area (Å²) in [5.74, 6) is -0.0809. The molecule has 0 aromatic carbocycles. The molecule has 0 aromatic heterocycles. The van der Waals surface area contributed by atoms with Crippen molar-refractivity contribution in [2.24, 2.45) is 16.7 Å². The van der Waals surface area contributed by atoms with Gasteiger partial charge in [-0.3, -0.25) is 4.79 Å². The first kappa shape index (κ1) is 28.1. The van der Waals surface area contributed by atoms with Crippen molar-refractivity contribution < 1.29 is 19.4 Å². The molecule has 1 heterocycles. The molecule has 0 aromatic rings. The average molecular weight is 464 g/mol. The molecule has 2 saturated carbocycles. The number of aliphatic carboxylic acids is 1. The predicted octanol–water partition coefficient (Wildman–Crippen LogP) is 7.63. The van der Waals surface area contributed by atoms with E-state index in [-0.39, 0.29) is 19.5 Å². The van der Waals surface area contributed by atoms with Crippen LogP contribution in [0, 0.1) is 28.1 Å². The quantitative estimate of drug-likeness (QED) is 0.337. The van der Waals surface area contributed by atoms with Gasteiger partial charge in [-0.1, -0.05) is 90.9 Å². The fraction of sp³-hybridized carbons (Fsp3) is 0.929. The number of hydrogen-bond acceptors (Lipinski definition) is 4. The third-order valence-electron chi connectivity index (χ3n) is 8.28. The van der Waals surface area contributed by atoms with Crippen molar-refractivity contribution in [1.29, 1.82) is 5.26 Å². The number of hydrogen-bond donors (Lipinski definition) is 1. The van der Waals surface area contributed by atoms with E-state index < -0.39 is 11.4 Å². The number of carbonyl (C=O) groups is 1. The maximum Gasteiger partial charge on any atom is 0.328 e. The first-order chi connectivity index (χ1) is 16.0. The largest absolute Gasteiger partial charge is 0.480 e. The molecule has 1 N–H and O–H groups in total. The molecule has 3 rings (SSSR count). The number of carboxylic acids is 1. The molecular weight excluding hydrogens is 414 g/mol. The van der Waals surface area contributed by atoms with Crippen LogP contribution in [0.5, 0.6) is 0 Å². The van der Waals surface area contributed by atoms with E-state index in [1.165, 1.54) is 70.6 Å². The van der Waals surface area contributed by atoms with Crippen molar-refractivity contribution >= 4 is 5.97 Å². The minimum atomic E-state index is -1.52. The normalized spacial score (nSPS) is 27.7. The Morgan fingerprint density at radius 1 is 0.909 bits per heavy atom. The predicted molar refractivity (Wildman–Crippen MR) is 132 cm³/mol. The van der Waals surface area contributed by atoms with E-state index in [9.17, 15) is 4.79 Å². The van der Waals surface area contributed by atoms with E-state index in [1.807, 2.05) is 6.92 Å². The number of ether oxygens (including phenoxy) is 2. The van der Waals surface area contributed by atoms with E-state index in [4.69, 9.17) is 19.8 Å². The first-order valence-corrected chi connectivity index (χ1v) is 13.9. The van der Waals surface area contributed by atoms with Gasteiger partial charge in [0.2, 0.25) is 5.41 Å². The first-order valence-electron chi connectivity index (χ1n) is 13.9. The van der Waals surface area contributed by atoms with Crippen LogP contribution in [0.15, 0.2) is 0 Å². The van der Waals surface area contributed by atoms with Gasteiger partial charge >= 0.3 is 5.97 Å². The lowest BCUT2D eigenvalue weighted by Gasteiger charge is -2.46. The van der Waals surface area contributed by atoms with Crippen molar-refractivity contribution in [3.05, 3.63) is 0 Å². The molecule has 5 heteroatoms. The molecule has 190 valence electrons. The maximum absolute atomic E-state index is 10.8. The Hall–Kier alpha value is -1.12. The van der Waals surface area contributed by atoms with Crippen LogP contribution in [-0.4, -0.2) is 30.6 Å². The van der Waals surface area contributed by atoms with Crippen molar-refractivity contribution in [3.8, 4) is 6.07 Å². The van der Waals surface area contributed by atoms with Crippen LogP contribution in [0.2, 0.25) is 0 Å². The fourth-order valence-corrected chi connectivity index (χ4v) is 6.11. The van der Waals surface area contributed by atoms with E-state index in [0.717, 1.165) is 24.2 Å². The second-order valence-corrected chi connectivity index (χ2v) is 10.8. The summed E-state index contributed by atoms with van der Waals surface area (Å²) < 4.78 is 10.3. The third kappa shape index (κ3) is 8.55. The highest BCUT2D eigenvalue weighted by atomic mass is 16.7. The lowest BCUT2D eigenvalue weighted by Crippen LogP contribution is -2.46. The van der Waals surface area contributed by atoms with E-state index >= 15 is 0 Å². The summed E-state index contributed by atoms with van der Waals surface area (Å²) in [5.41, 5.74) is -0.727. The number of carboxylic acid groups (broad SMARTS) is 1. The Kier molecular flexibility index (Phi) is 12.8. The summed E-state index contributed by atoms with van der Waals surface area (Å²) in [6.45, 7) is 4.12. The Labute approximate surface area is 202 Å². The highest BCUT2D eigenvalue weighted by molar-refractivity contribution is 5.78. The summed E-state index contributed by atoms with van der Waals surface area (Å²) in [7, 11) is 0. The lowest BCUT2D eigenvalue weighted by molar-refractivity contribution is -0.223. The SMILES string of the molecule is CCCC1OCC(C#N)(C(=O)O)CO1.CCCCCCCC1(C2CCCCC2)CCCCC1. The molecule has 3 fully saturated rings. The molecule has 2 aliphatic carbocycles. The Bertz CT molecular complexity index is 579. The molecule has 1 saturated heterocycles. The average Bonchev–Trinajstić information content (AvgIpc) is 2.86. The molecule has 0 spiro atoms. The topological polar surface area (TPSA) is 79.5 Å². The third-order valence-corrected chi connectivity index (χ3v) is 8.28. The minimum absolute atomic E-state index is 0.0938. The highest BCUT2D eigenvalue weighted by Gasteiger charge is 2.44. The van der Waals surface area contributed by atoms with E-state index in [0.29, 0.717) is 0 Å². The van der Waals surface area contributed by atoms with Crippen molar-refractivity contribution in [1.82, 2.24) is 0 Å². The van der Waals surface area contributed by atoms with Gasteiger partial charge in [0.25, 0.3) is 0 Å². The fourth-order valence-electron chi connectivity index (χ4n) is 6.11. The van der Waals surface area contributed by atoms with Crippen LogP contribution in [0.3, 0.4) is 0 Å². The van der Waals surface area contributed by atoms with Crippen molar-refractivity contribution in [2.75, 3.05) is 13.2 Å². The molecule has 0 radical (unpaired) electrons. The number of unbranched alkanes of at least 4 members (excludes halogenated alkanes) is 4. The van der Waals surface area contributed by atoms with Crippen LogP contribution in [0.4, 0.5) is 0 Å². The Morgan fingerprint density at radius 2 is 1.52 bits per heavy atom. The molecule has 1 aliphatic heterocycles. The highest BCUT2D eigenvalue weighted by Crippen LogP contribution is 2.51. The van der Waals surface area contributed by atoms with Crippen LogP contribution < -0.4 is 0 Å². The number of nitriles is 1. The molecule has 0 bridgehead atoms. The van der Waals surface area contributed by atoms with Crippen LogP contribution in [-0.2, 0) is 14.3 Å². The minimum Gasteiger partial charge on any atom is -0.480 e. The van der Waals surface area contributed by atoms with Gasteiger partial charge in [0.05, 0.1) is 19.3 Å². The van der Waals surface area contributed by atoms with Crippen molar-refractivity contribution in [3.63, 3.8) is 0 Å². The van der Waals surface area contributed by atoms with Gasteiger partial charge in [-0.2, -0.15) is 5.26 Å². The molecule has 0 unspecified atom stereocenters. The smallest absolute Gasteiger partial charge is 0.328 e. The van der Waals surface area contributed by atoms with Crippen LogP contribution in [0.1, 0.15) is 129 Å². The number of rotatable bonds is 10. The van der Waals surface area contributed by atoms with E-state index in [1.54, 1.807) is 38.2 Å². The standard InChI is InChI=1S/C19H36.C9H13NO4/c1-2-3-4-5-10-15-19(16-11-7-12-17-19)18-13-8-6-9-14-18;1-2-3-7-13-5-9(4-10,6-14-7)8(11)12/h18H,2-17H2,1H3;7H,2-3,5-6H2,1H3,(H,11,12). The second-order valence-electron chi connectivity index (χ2n) is 10.8. The lowest BCUT2D eigenvalue weighted by atomic mass is 9.59. The molecule has 3 aliphatic rings. The molecular formula is C28H49NO4. The van der Waals surface area contributed by atoms with Crippen LogP contribution in [0.25, 0.3) is 0 Å². The zero-order valence-electron chi connectivity index (χ0n) is 21.4.